The summed E-state index contributed by atoms with van der Waals surface area (Å²) in [6, 6.07) is 7.75. The van der Waals surface area contributed by atoms with Crippen molar-refractivity contribution in [3.63, 3.8) is 0 Å². The number of rotatable bonds is 5. The van der Waals surface area contributed by atoms with Crippen molar-refractivity contribution in [2.45, 2.75) is 43.8 Å². The predicted molar refractivity (Wildman–Crippen MR) is 87.3 cm³/mol. The third-order valence-electron chi connectivity index (χ3n) is 4.84. The molecule has 0 aromatic heterocycles. The number of likely N-dealkylation sites (N-methyl/N-ethyl adjacent to an activating group) is 1. The van der Waals surface area contributed by atoms with Gasteiger partial charge < -0.3 is 10.6 Å². The van der Waals surface area contributed by atoms with Crippen molar-refractivity contribution in [3.05, 3.63) is 34.4 Å². The molecule has 1 amide bonds. The monoisotopic (exact) mass is 318 g/mol. The van der Waals surface area contributed by atoms with E-state index >= 15 is 0 Å². The molecule has 0 spiro atoms. The Morgan fingerprint density at radius 3 is 2.65 bits per heavy atom. The number of hydrogen-bond acceptors (Lipinski definition) is 5. The van der Waals surface area contributed by atoms with Crippen LogP contribution in [0.2, 0.25) is 0 Å². The van der Waals surface area contributed by atoms with E-state index in [9.17, 15) is 14.9 Å². The lowest BCUT2D eigenvalue weighted by Crippen LogP contribution is -2.48. The van der Waals surface area contributed by atoms with Crippen LogP contribution in [0, 0.1) is 10.1 Å². The molecule has 0 radical (unpaired) electrons. The van der Waals surface area contributed by atoms with Crippen LogP contribution in [-0.2, 0) is 4.79 Å². The summed E-state index contributed by atoms with van der Waals surface area (Å²) in [5.41, 5.74) is 0.171. The fourth-order valence-electron chi connectivity index (χ4n) is 3.67. The first-order valence-electron chi connectivity index (χ1n) is 8.02. The lowest BCUT2D eigenvalue weighted by Gasteiger charge is -2.35. The molecule has 0 aliphatic carbocycles. The molecule has 2 heterocycles. The van der Waals surface area contributed by atoms with Crippen molar-refractivity contribution in [2.75, 3.05) is 18.9 Å². The Bertz CT molecular complexity index is 595. The predicted octanol–water partition coefficient (Wildman–Crippen LogP) is 1.75. The molecule has 7 nitrogen and oxygen atoms in total. The SMILES string of the molecule is CN(CC(=O)Nc1ccccc1[N+](=O)[O-])C1CC2CCC(C1)N2. The zero-order valence-electron chi connectivity index (χ0n) is 13.2. The van der Waals surface area contributed by atoms with Crippen LogP contribution in [0.1, 0.15) is 25.7 Å². The number of para-hydroxylation sites is 2. The highest BCUT2D eigenvalue weighted by Gasteiger charge is 2.35. The summed E-state index contributed by atoms with van der Waals surface area (Å²) < 4.78 is 0. The Kier molecular flexibility index (Phi) is 4.58. The molecule has 2 N–H and O–H groups in total. The van der Waals surface area contributed by atoms with Crippen molar-refractivity contribution in [1.29, 1.82) is 0 Å². The van der Waals surface area contributed by atoms with Gasteiger partial charge in [0.05, 0.1) is 11.5 Å². The first-order valence-corrected chi connectivity index (χ1v) is 8.02. The van der Waals surface area contributed by atoms with Gasteiger partial charge in [-0.3, -0.25) is 19.8 Å². The summed E-state index contributed by atoms with van der Waals surface area (Å²) in [6.07, 6.45) is 4.56. The number of nitro groups is 1. The molecular formula is C16H22N4O3. The molecule has 2 aliphatic heterocycles. The Morgan fingerprint density at radius 1 is 1.35 bits per heavy atom. The molecule has 1 aromatic carbocycles. The first kappa shape index (κ1) is 15.9. The second-order valence-electron chi connectivity index (χ2n) is 6.50. The number of nitrogens with zero attached hydrogens (tertiary/aromatic N) is 2. The van der Waals surface area contributed by atoms with Crippen molar-refractivity contribution in [1.82, 2.24) is 10.2 Å². The third kappa shape index (κ3) is 3.68. The molecule has 2 atom stereocenters. The Balaban J connectivity index is 1.58. The van der Waals surface area contributed by atoms with Gasteiger partial charge in [0.25, 0.3) is 5.69 Å². The molecule has 2 bridgehead atoms. The number of benzene rings is 1. The number of nitrogens with one attached hydrogen (secondary N) is 2. The molecule has 1 aromatic rings. The zero-order valence-corrected chi connectivity index (χ0v) is 13.2. The Hall–Kier alpha value is -1.99. The van der Waals surface area contributed by atoms with E-state index in [2.05, 4.69) is 15.5 Å². The minimum atomic E-state index is -0.482. The normalized spacial score (nSPS) is 26.3. The lowest BCUT2D eigenvalue weighted by molar-refractivity contribution is -0.383. The van der Waals surface area contributed by atoms with E-state index in [1.54, 1.807) is 18.2 Å². The van der Waals surface area contributed by atoms with Gasteiger partial charge in [-0.2, -0.15) is 0 Å². The van der Waals surface area contributed by atoms with Gasteiger partial charge in [-0.25, -0.2) is 0 Å². The molecule has 124 valence electrons. The standard InChI is InChI=1S/C16H22N4O3/c1-19(13-8-11-6-7-12(9-13)17-11)10-16(21)18-14-4-2-3-5-15(14)20(22)23/h2-5,11-13,17H,6-10H2,1H3,(H,18,21). The quantitative estimate of drug-likeness (QED) is 0.638. The van der Waals surface area contributed by atoms with Gasteiger partial charge in [0.1, 0.15) is 5.69 Å². The third-order valence-corrected chi connectivity index (χ3v) is 4.84. The molecule has 2 unspecified atom stereocenters. The van der Waals surface area contributed by atoms with Crippen molar-refractivity contribution < 1.29 is 9.72 Å². The molecule has 3 rings (SSSR count). The smallest absolute Gasteiger partial charge is 0.292 e. The van der Waals surface area contributed by atoms with Crippen molar-refractivity contribution in [3.8, 4) is 0 Å². The number of carbonyl (C=O) groups is 1. The topological polar surface area (TPSA) is 87.5 Å². The number of carbonyl (C=O) groups excluding carboxylic acids is 1. The molecule has 2 aliphatic rings. The van der Waals surface area contributed by atoms with Gasteiger partial charge in [0.2, 0.25) is 5.91 Å². The van der Waals surface area contributed by atoms with Gasteiger partial charge >= 0.3 is 0 Å². The van der Waals surface area contributed by atoms with Crippen molar-refractivity contribution in [2.24, 2.45) is 0 Å². The van der Waals surface area contributed by atoms with Crippen LogP contribution >= 0.6 is 0 Å². The fourth-order valence-corrected chi connectivity index (χ4v) is 3.67. The molecule has 2 fully saturated rings. The maximum atomic E-state index is 12.2. The summed E-state index contributed by atoms with van der Waals surface area (Å²) >= 11 is 0. The van der Waals surface area contributed by atoms with Crippen LogP contribution < -0.4 is 10.6 Å². The second-order valence-corrected chi connectivity index (χ2v) is 6.50. The number of hydrogen-bond donors (Lipinski definition) is 2. The van der Waals surface area contributed by atoms with Crippen LogP contribution in [0.25, 0.3) is 0 Å². The second kappa shape index (κ2) is 6.64. The maximum Gasteiger partial charge on any atom is 0.292 e. The van der Waals surface area contributed by atoms with Gasteiger partial charge in [-0.15, -0.1) is 0 Å². The van der Waals surface area contributed by atoms with Crippen LogP contribution in [0.4, 0.5) is 11.4 Å². The van der Waals surface area contributed by atoms with Gasteiger partial charge in [0.15, 0.2) is 0 Å². The maximum absolute atomic E-state index is 12.2. The first-order chi connectivity index (χ1) is 11.0. The van der Waals surface area contributed by atoms with Crippen LogP contribution in [0.15, 0.2) is 24.3 Å². The summed E-state index contributed by atoms with van der Waals surface area (Å²) in [7, 11) is 1.95. The highest BCUT2D eigenvalue weighted by Crippen LogP contribution is 2.29. The van der Waals surface area contributed by atoms with E-state index in [-0.39, 0.29) is 23.8 Å². The summed E-state index contributed by atoms with van der Waals surface area (Å²) in [5, 5.41) is 17.2. The van der Waals surface area contributed by atoms with Gasteiger partial charge in [-0.1, -0.05) is 12.1 Å². The highest BCUT2D eigenvalue weighted by molar-refractivity contribution is 5.94. The van der Waals surface area contributed by atoms with Crippen LogP contribution in [0.3, 0.4) is 0 Å². The van der Waals surface area contributed by atoms with E-state index in [1.165, 1.54) is 18.9 Å². The van der Waals surface area contributed by atoms with Gasteiger partial charge in [0, 0.05) is 24.2 Å². The number of anilines is 1. The highest BCUT2D eigenvalue weighted by atomic mass is 16.6. The summed E-state index contributed by atoms with van der Waals surface area (Å²) in [4.78, 5) is 24.8. The summed E-state index contributed by atoms with van der Waals surface area (Å²) in [5.74, 6) is -0.215. The largest absolute Gasteiger partial charge is 0.319 e. The fraction of sp³-hybridized carbons (Fsp3) is 0.562. The Labute approximate surface area is 135 Å². The molecule has 23 heavy (non-hydrogen) atoms. The van der Waals surface area contributed by atoms with Crippen molar-refractivity contribution >= 4 is 17.3 Å². The summed E-state index contributed by atoms with van der Waals surface area (Å²) in [6.45, 7) is 0.246. The van der Waals surface area contributed by atoms with Crippen LogP contribution in [-0.4, -0.2) is 47.4 Å². The van der Waals surface area contributed by atoms with E-state index in [0.29, 0.717) is 18.1 Å². The molecule has 0 saturated carbocycles. The number of amides is 1. The molecule has 7 heteroatoms. The molecule has 2 saturated heterocycles. The van der Waals surface area contributed by atoms with E-state index in [1.807, 2.05) is 7.05 Å². The number of piperidine rings is 1. The number of nitro benzene ring substituents is 1. The average molecular weight is 318 g/mol. The Morgan fingerprint density at radius 2 is 2.00 bits per heavy atom. The lowest BCUT2D eigenvalue weighted by atomic mass is 9.98. The number of fused-ring (bicyclic) bond motifs is 2. The van der Waals surface area contributed by atoms with E-state index < -0.39 is 4.92 Å². The minimum Gasteiger partial charge on any atom is -0.319 e. The van der Waals surface area contributed by atoms with Crippen LogP contribution in [0.5, 0.6) is 0 Å². The minimum absolute atomic E-state index is 0.0802. The average Bonchev–Trinajstić information content (AvgIpc) is 2.85. The van der Waals surface area contributed by atoms with E-state index in [4.69, 9.17) is 0 Å². The van der Waals surface area contributed by atoms with E-state index in [0.717, 1.165) is 12.8 Å². The zero-order chi connectivity index (χ0) is 16.4. The molecular weight excluding hydrogens is 296 g/mol. The van der Waals surface area contributed by atoms with Gasteiger partial charge in [-0.05, 0) is 38.8 Å².